The van der Waals surface area contributed by atoms with Crippen LogP contribution in [0.15, 0.2) is 16.7 Å². The minimum Gasteiger partial charge on any atom is -0.376 e. The molecule has 1 aromatic rings. The van der Waals surface area contributed by atoms with Crippen LogP contribution in [-0.4, -0.2) is 35.7 Å². The van der Waals surface area contributed by atoms with Crippen LogP contribution in [0.2, 0.25) is 0 Å². The van der Waals surface area contributed by atoms with Crippen molar-refractivity contribution in [1.29, 1.82) is 0 Å². The van der Waals surface area contributed by atoms with E-state index in [-0.39, 0.29) is 17.6 Å². The summed E-state index contributed by atoms with van der Waals surface area (Å²) in [6.07, 6.45) is 3.49. The van der Waals surface area contributed by atoms with Gasteiger partial charge in [0, 0.05) is 23.8 Å². The Morgan fingerprint density at radius 1 is 1.62 bits per heavy atom. The Balaban J connectivity index is 2.19. The van der Waals surface area contributed by atoms with Crippen molar-refractivity contribution < 1.29 is 9.53 Å². The molecule has 0 radical (unpaired) electrons. The number of amides is 1. The maximum Gasteiger partial charge on any atom is 0.255 e. The normalized spacial score (nSPS) is 24.9. The van der Waals surface area contributed by atoms with Crippen LogP contribution in [-0.2, 0) is 4.74 Å². The topological polar surface area (TPSA) is 63.2 Å². The van der Waals surface area contributed by atoms with Crippen molar-refractivity contribution >= 4 is 27.7 Å². The van der Waals surface area contributed by atoms with E-state index in [1.165, 1.54) is 0 Å². The van der Waals surface area contributed by atoms with E-state index in [1.54, 1.807) is 12.3 Å². The minimum atomic E-state index is -0.332. The van der Waals surface area contributed by atoms with Gasteiger partial charge in [-0.2, -0.15) is 0 Å². The zero-order valence-electron chi connectivity index (χ0n) is 12.7. The van der Waals surface area contributed by atoms with Crippen LogP contribution in [0.1, 0.15) is 44.0 Å². The van der Waals surface area contributed by atoms with Crippen LogP contribution in [0.5, 0.6) is 0 Å². The van der Waals surface area contributed by atoms with E-state index in [1.807, 2.05) is 13.8 Å². The number of pyridine rings is 1. The molecule has 2 atom stereocenters. The van der Waals surface area contributed by atoms with E-state index in [0.29, 0.717) is 18.0 Å². The number of aromatic nitrogens is 1. The van der Waals surface area contributed by atoms with Gasteiger partial charge in [0.25, 0.3) is 5.91 Å². The summed E-state index contributed by atoms with van der Waals surface area (Å²) in [5.41, 5.74) is 0.222. The second-order valence-electron chi connectivity index (χ2n) is 5.61. The number of ether oxygens (including phenoxy) is 1. The van der Waals surface area contributed by atoms with Gasteiger partial charge in [0.15, 0.2) is 0 Å². The van der Waals surface area contributed by atoms with Gasteiger partial charge in [-0.3, -0.25) is 4.79 Å². The maximum absolute atomic E-state index is 12.6. The average molecular weight is 356 g/mol. The Morgan fingerprint density at radius 2 is 2.38 bits per heavy atom. The first-order valence-electron chi connectivity index (χ1n) is 7.30. The highest BCUT2D eigenvalue weighted by Gasteiger charge is 2.38. The third-order valence-corrected chi connectivity index (χ3v) is 4.36. The number of hydrogen-bond donors (Lipinski definition) is 2. The van der Waals surface area contributed by atoms with Crippen molar-refractivity contribution in [3.63, 3.8) is 0 Å². The fraction of sp³-hybridized carbons (Fsp3) is 0.600. The predicted octanol–water partition coefficient (Wildman–Crippen LogP) is 2.96. The van der Waals surface area contributed by atoms with Gasteiger partial charge in [0.1, 0.15) is 5.82 Å². The molecule has 0 bridgehead atoms. The molecule has 0 aliphatic carbocycles. The molecule has 2 rings (SSSR count). The Morgan fingerprint density at radius 3 is 3.00 bits per heavy atom. The van der Waals surface area contributed by atoms with Crippen LogP contribution in [0.4, 0.5) is 5.82 Å². The van der Waals surface area contributed by atoms with Gasteiger partial charge in [-0.25, -0.2) is 4.98 Å². The first-order valence-corrected chi connectivity index (χ1v) is 8.09. The highest BCUT2D eigenvalue weighted by Crippen LogP contribution is 2.26. The summed E-state index contributed by atoms with van der Waals surface area (Å²) in [6.45, 7) is 7.54. The second-order valence-corrected chi connectivity index (χ2v) is 6.53. The number of halogens is 1. The minimum absolute atomic E-state index is 0.00798. The Bertz CT molecular complexity index is 524. The number of rotatable bonds is 5. The van der Waals surface area contributed by atoms with Gasteiger partial charge < -0.3 is 15.4 Å². The van der Waals surface area contributed by atoms with Crippen molar-refractivity contribution in [3.8, 4) is 0 Å². The van der Waals surface area contributed by atoms with Crippen molar-refractivity contribution in [3.05, 3.63) is 22.3 Å². The van der Waals surface area contributed by atoms with Gasteiger partial charge in [0.2, 0.25) is 0 Å². The van der Waals surface area contributed by atoms with E-state index in [0.717, 1.165) is 23.9 Å². The molecule has 1 saturated heterocycles. The van der Waals surface area contributed by atoms with E-state index < -0.39 is 0 Å². The molecule has 2 N–H and O–H groups in total. The SMILES string of the molecule is CCCNc1ncc(Br)cc1C(=O)NC1(C)CCOC1C. The monoisotopic (exact) mass is 355 g/mol. The molecule has 0 spiro atoms. The van der Waals surface area contributed by atoms with E-state index >= 15 is 0 Å². The maximum atomic E-state index is 12.6. The van der Waals surface area contributed by atoms with Gasteiger partial charge in [-0.15, -0.1) is 0 Å². The average Bonchev–Trinajstić information content (AvgIpc) is 2.77. The summed E-state index contributed by atoms with van der Waals surface area (Å²) in [5, 5.41) is 6.30. The molecule has 0 aromatic carbocycles. The van der Waals surface area contributed by atoms with Crippen molar-refractivity contribution in [1.82, 2.24) is 10.3 Å². The highest BCUT2D eigenvalue weighted by atomic mass is 79.9. The van der Waals surface area contributed by atoms with E-state index in [9.17, 15) is 4.79 Å². The molecule has 2 heterocycles. The molecule has 21 heavy (non-hydrogen) atoms. The number of anilines is 1. The van der Waals surface area contributed by atoms with Gasteiger partial charge in [0.05, 0.1) is 17.2 Å². The van der Waals surface area contributed by atoms with Crippen molar-refractivity contribution in [2.24, 2.45) is 0 Å². The number of carbonyl (C=O) groups excluding carboxylic acids is 1. The predicted molar refractivity (Wildman–Crippen MR) is 86.6 cm³/mol. The quantitative estimate of drug-likeness (QED) is 0.852. The van der Waals surface area contributed by atoms with E-state index in [4.69, 9.17) is 4.74 Å². The van der Waals surface area contributed by atoms with Crippen LogP contribution >= 0.6 is 15.9 Å². The summed E-state index contributed by atoms with van der Waals surface area (Å²) in [4.78, 5) is 16.9. The Hall–Kier alpha value is -1.14. The summed E-state index contributed by atoms with van der Waals surface area (Å²) >= 11 is 3.38. The summed E-state index contributed by atoms with van der Waals surface area (Å²) < 4.78 is 6.36. The van der Waals surface area contributed by atoms with Gasteiger partial charge >= 0.3 is 0 Å². The first-order chi connectivity index (χ1) is 9.96. The standard InChI is InChI=1S/C15H22BrN3O2/c1-4-6-17-13-12(8-11(16)9-18-13)14(20)19-15(3)5-7-21-10(15)2/h8-10H,4-7H2,1-3H3,(H,17,18)(H,19,20). The number of carbonyl (C=O) groups is 1. The third-order valence-electron chi connectivity index (χ3n) is 3.93. The third kappa shape index (κ3) is 3.74. The zero-order valence-corrected chi connectivity index (χ0v) is 14.3. The molecule has 0 saturated carbocycles. The van der Waals surface area contributed by atoms with Gasteiger partial charge in [-0.05, 0) is 48.7 Å². The number of nitrogens with zero attached hydrogens (tertiary/aromatic N) is 1. The molecule has 1 aromatic heterocycles. The molecule has 6 heteroatoms. The molecule has 2 unspecified atom stereocenters. The fourth-order valence-corrected chi connectivity index (χ4v) is 2.65. The molecule has 1 aliphatic heterocycles. The van der Waals surface area contributed by atoms with Crippen LogP contribution in [0.3, 0.4) is 0 Å². The van der Waals surface area contributed by atoms with Crippen LogP contribution in [0.25, 0.3) is 0 Å². The lowest BCUT2D eigenvalue weighted by molar-refractivity contribution is 0.0727. The molecular weight excluding hydrogens is 334 g/mol. The number of hydrogen-bond acceptors (Lipinski definition) is 4. The van der Waals surface area contributed by atoms with Crippen molar-refractivity contribution in [2.75, 3.05) is 18.5 Å². The summed E-state index contributed by atoms with van der Waals surface area (Å²) in [7, 11) is 0. The highest BCUT2D eigenvalue weighted by molar-refractivity contribution is 9.10. The lowest BCUT2D eigenvalue weighted by atomic mass is 9.94. The fourth-order valence-electron chi connectivity index (χ4n) is 2.32. The molecule has 1 aliphatic rings. The van der Waals surface area contributed by atoms with E-state index in [2.05, 4.69) is 38.5 Å². The molecule has 1 fully saturated rings. The molecular formula is C15H22BrN3O2. The zero-order chi connectivity index (χ0) is 15.5. The number of nitrogens with one attached hydrogen (secondary N) is 2. The Labute approximate surface area is 134 Å². The van der Waals surface area contributed by atoms with Crippen LogP contribution < -0.4 is 10.6 Å². The largest absolute Gasteiger partial charge is 0.376 e. The molecule has 1 amide bonds. The Kier molecular flexibility index (Phi) is 5.22. The lowest BCUT2D eigenvalue weighted by Crippen LogP contribution is -2.50. The molecule has 5 nitrogen and oxygen atoms in total. The van der Waals surface area contributed by atoms with Crippen LogP contribution in [0, 0.1) is 0 Å². The second kappa shape index (κ2) is 6.75. The first kappa shape index (κ1) is 16.2. The lowest BCUT2D eigenvalue weighted by Gasteiger charge is -2.29. The van der Waals surface area contributed by atoms with Gasteiger partial charge in [-0.1, -0.05) is 6.92 Å². The van der Waals surface area contributed by atoms with Crippen molar-refractivity contribution in [2.45, 2.75) is 45.3 Å². The summed E-state index contributed by atoms with van der Waals surface area (Å²) in [5.74, 6) is 0.495. The molecule has 116 valence electrons. The summed E-state index contributed by atoms with van der Waals surface area (Å²) in [6, 6.07) is 1.80. The smallest absolute Gasteiger partial charge is 0.255 e.